The average Bonchev–Trinajstić information content (AvgIpc) is 3.36. The molecule has 25 heavy (non-hydrogen) atoms. The topological polar surface area (TPSA) is 53.5 Å². The number of pyridine rings is 1. The van der Waals surface area contributed by atoms with Crippen molar-refractivity contribution in [1.82, 2.24) is 14.8 Å². The van der Waals surface area contributed by atoms with Crippen molar-refractivity contribution >= 4 is 11.8 Å². The molecule has 5 nitrogen and oxygen atoms in total. The summed E-state index contributed by atoms with van der Waals surface area (Å²) in [6, 6.07) is 3.67. The zero-order chi connectivity index (χ0) is 17.4. The summed E-state index contributed by atoms with van der Waals surface area (Å²) in [5, 5.41) is 0. The number of piperidine rings is 1. The van der Waals surface area contributed by atoms with E-state index in [1.54, 1.807) is 12.3 Å². The van der Waals surface area contributed by atoms with Crippen LogP contribution in [0.25, 0.3) is 0 Å². The molecule has 1 saturated carbocycles. The van der Waals surface area contributed by atoms with Crippen LogP contribution in [0.2, 0.25) is 0 Å². The van der Waals surface area contributed by atoms with Crippen molar-refractivity contribution in [2.24, 2.45) is 11.3 Å². The Morgan fingerprint density at radius 3 is 2.92 bits per heavy atom. The second-order valence-electron chi connectivity index (χ2n) is 7.94. The molecule has 3 heterocycles. The number of rotatable bonds is 4. The molecule has 1 aliphatic carbocycles. The third-order valence-corrected chi connectivity index (χ3v) is 6.07. The van der Waals surface area contributed by atoms with Crippen molar-refractivity contribution in [2.45, 2.75) is 45.4 Å². The number of carbonyl (C=O) groups excluding carboxylic acids is 2. The molecule has 3 fully saturated rings. The third-order valence-electron chi connectivity index (χ3n) is 6.07. The minimum atomic E-state index is -0.330. The van der Waals surface area contributed by atoms with Gasteiger partial charge in [-0.15, -0.1) is 0 Å². The van der Waals surface area contributed by atoms with Crippen LogP contribution in [0, 0.1) is 11.3 Å². The molecule has 1 aromatic heterocycles. The Balaban J connectivity index is 1.47. The van der Waals surface area contributed by atoms with Crippen LogP contribution in [0.5, 0.6) is 0 Å². The highest BCUT2D eigenvalue weighted by atomic mass is 16.2. The van der Waals surface area contributed by atoms with Gasteiger partial charge < -0.3 is 9.80 Å². The summed E-state index contributed by atoms with van der Waals surface area (Å²) in [6.45, 7) is 5.13. The number of aryl methyl sites for hydroxylation is 1. The molecular weight excluding hydrogens is 314 g/mol. The smallest absolute Gasteiger partial charge is 0.254 e. The van der Waals surface area contributed by atoms with Gasteiger partial charge in [0.05, 0.1) is 5.41 Å². The van der Waals surface area contributed by atoms with E-state index >= 15 is 0 Å². The quantitative estimate of drug-likeness (QED) is 0.845. The maximum Gasteiger partial charge on any atom is 0.254 e. The summed E-state index contributed by atoms with van der Waals surface area (Å²) >= 11 is 0. The lowest BCUT2D eigenvalue weighted by atomic mass is 9.78. The zero-order valence-electron chi connectivity index (χ0n) is 15.0. The first-order valence-electron chi connectivity index (χ1n) is 9.65. The van der Waals surface area contributed by atoms with E-state index in [4.69, 9.17) is 0 Å². The molecule has 5 heteroatoms. The lowest BCUT2D eigenvalue weighted by Gasteiger charge is -2.39. The van der Waals surface area contributed by atoms with Crippen LogP contribution >= 0.6 is 0 Å². The summed E-state index contributed by atoms with van der Waals surface area (Å²) in [4.78, 5) is 34.2. The minimum absolute atomic E-state index is 0.0427. The van der Waals surface area contributed by atoms with E-state index in [1.807, 2.05) is 17.9 Å². The number of carbonyl (C=O) groups is 2. The number of hydrogen-bond donors (Lipinski definition) is 0. The first kappa shape index (κ1) is 16.6. The van der Waals surface area contributed by atoms with Crippen molar-refractivity contribution < 1.29 is 9.59 Å². The van der Waals surface area contributed by atoms with Gasteiger partial charge in [0.1, 0.15) is 0 Å². The number of likely N-dealkylation sites (tertiary alicyclic amines) is 2. The Morgan fingerprint density at radius 1 is 1.32 bits per heavy atom. The number of aromatic nitrogens is 1. The van der Waals surface area contributed by atoms with Gasteiger partial charge in [-0.05, 0) is 56.6 Å². The molecule has 0 bridgehead atoms. The summed E-state index contributed by atoms with van der Waals surface area (Å²) in [6.07, 6.45) is 7.86. The normalized spacial score (nSPS) is 26.5. The van der Waals surface area contributed by atoms with E-state index in [2.05, 4.69) is 9.88 Å². The lowest BCUT2D eigenvalue weighted by Crippen LogP contribution is -2.50. The first-order chi connectivity index (χ1) is 12.1. The van der Waals surface area contributed by atoms with Gasteiger partial charge in [-0.1, -0.05) is 6.92 Å². The summed E-state index contributed by atoms with van der Waals surface area (Å²) in [5.41, 5.74) is 1.30. The SMILES string of the molecule is CCc1cc(C(=O)N2CCC3(CCCN(CC4CC4)C3=O)C2)ccn1. The van der Waals surface area contributed by atoms with Gasteiger partial charge in [0.25, 0.3) is 5.91 Å². The van der Waals surface area contributed by atoms with Crippen molar-refractivity contribution in [3.8, 4) is 0 Å². The summed E-state index contributed by atoms with van der Waals surface area (Å²) in [7, 11) is 0. The van der Waals surface area contributed by atoms with Crippen LogP contribution in [-0.4, -0.2) is 52.8 Å². The molecule has 1 spiro atoms. The van der Waals surface area contributed by atoms with Gasteiger partial charge in [-0.2, -0.15) is 0 Å². The second-order valence-corrected chi connectivity index (χ2v) is 7.94. The largest absolute Gasteiger partial charge is 0.342 e. The molecule has 1 atom stereocenters. The summed E-state index contributed by atoms with van der Waals surface area (Å²) < 4.78 is 0. The van der Waals surface area contributed by atoms with Gasteiger partial charge in [-0.25, -0.2) is 0 Å². The molecule has 0 aromatic carbocycles. The maximum absolute atomic E-state index is 13.1. The summed E-state index contributed by atoms with van der Waals surface area (Å²) in [5.74, 6) is 1.06. The predicted molar refractivity (Wildman–Crippen MR) is 95.1 cm³/mol. The number of hydrogen-bond acceptors (Lipinski definition) is 3. The molecule has 134 valence electrons. The van der Waals surface area contributed by atoms with Crippen LogP contribution in [0.15, 0.2) is 18.3 Å². The van der Waals surface area contributed by atoms with E-state index < -0.39 is 0 Å². The number of nitrogens with zero attached hydrogens (tertiary/aromatic N) is 3. The van der Waals surface area contributed by atoms with E-state index in [-0.39, 0.29) is 11.3 Å². The second kappa shape index (κ2) is 6.43. The molecule has 0 N–H and O–H groups in total. The average molecular weight is 341 g/mol. The van der Waals surface area contributed by atoms with E-state index in [1.165, 1.54) is 12.8 Å². The zero-order valence-corrected chi connectivity index (χ0v) is 15.0. The molecule has 4 rings (SSSR count). The van der Waals surface area contributed by atoms with Crippen molar-refractivity contribution in [2.75, 3.05) is 26.2 Å². The Labute approximate surface area is 149 Å². The highest BCUT2D eigenvalue weighted by molar-refractivity contribution is 5.95. The van der Waals surface area contributed by atoms with Crippen LogP contribution in [-0.2, 0) is 11.2 Å². The first-order valence-corrected chi connectivity index (χ1v) is 9.65. The van der Waals surface area contributed by atoms with Gasteiger partial charge in [0, 0.05) is 43.6 Å². The monoisotopic (exact) mass is 341 g/mol. The molecular formula is C20H27N3O2. The highest BCUT2D eigenvalue weighted by Gasteiger charge is 2.50. The fourth-order valence-electron chi connectivity index (χ4n) is 4.35. The molecule has 2 aliphatic heterocycles. The fourth-order valence-corrected chi connectivity index (χ4v) is 4.35. The highest BCUT2D eigenvalue weighted by Crippen LogP contribution is 2.42. The van der Waals surface area contributed by atoms with Crippen LogP contribution < -0.4 is 0 Å². The molecule has 2 amide bonds. The molecule has 1 aromatic rings. The predicted octanol–water partition coefficient (Wildman–Crippen LogP) is 2.51. The van der Waals surface area contributed by atoms with E-state index in [0.717, 1.165) is 50.4 Å². The minimum Gasteiger partial charge on any atom is -0.342 e. The van der Waals surface area contributed by atoms with E-state index in [0.29, 0.717) is 24.6 Å². The molecule has 3 aliphatic rings. The standard InChI is InChI=1S/C20H27N3O2/c1-2-17-12-16(6-9-21-17)18(24)23-11-8-20(14-23)7-3-10-22(19(20)25)13-15-4-5-15/h6,9,12,15H,2-5,7-8,10-11,13-14H2,1H3. The maximum atomic E-state index is 13.1. The number of amides is 2. The van der Waals surface area contributed by atoms with Gasteiger partial charge >= 0.3 is 0 Å². The van der Waals surface area contributed by atoms with Crippen molar-refractivity contribution in [3.63, 3.8) is 0 Å². The van der Waals surface area contributed by atoms with Gasteiger partial charge in [-0.3, -0.25) is 14.6 Å². The molecule has 1 unspecified atom stereocenters. The van der Waals surface area contributed by atoms with E-state index in [9.17, 15) is 9.59 Å². The van der Waals surface area contributed by atoms with Crippen molar-refractivity contribution in [1.29, 1.82) is 0 Å². The Kier molecular flexibility index (Phi) is 4.26. The molecule has 0 radical (unpaired) electrons. The van der Waals surface area contributed by atoms with Gasteiger partial charge in [0.15, 0.2) is 0 Å². The van der Waals surface area contributed by atoms with Crippen LogP contribution in [0.1, 0.15) is 55.1 Å². The Bertz CT molecular complexity index is 685. The Hall–Kier alpha value is -1.91. The lowest BCUT2D eigenvalue weighted by molar-refractivity contribution is -0.145. The van der Waals surface area contributed by atoms with Crippen LogP contribution in [0.3, 0.4) is 0 Å². The van der Waals surface area contributed by atoms with Crippen LogP contribution in [0.4, 0.5) is 0 Å². The fraction of sp³-hybridized carbons (Fsp3) is 0.650. The van der Waals surface area contributed by atoms with Crippen molar-refractivity contribution in [3.05, 3.63) is 29.6 Å². The third kappa shape index (κ3) is 3.16. The van der Waals surface area contributed by atoms with Gasteiger partial charge in [0.2, 0.25) is 5.91 Å². The molecule has 2 saturated heterocycles. The Morgan fingerprint density at radius 2 is 2.16 bits per heavy atom.